The van der Waals surface area contributed by atoms with Crippen LogP contribution in [0, 0.1) is 0 Å². The molecule has 0 spiro atoms. The first kappa shape index (κ1) is 16.4. The van der Waals surface area contributed by atoms with E-state index in [0.29, 0.717) is 13.1 Å². The van der Waals surface area contributed by atoms with Gasteiger partial charge in [0.25, 0.3) is 0 Å². The van der Waals surface area contributed by atoms with Crippen molar-refractivity contribution in [3.63, 3.8) is 0 Å². The number of amides is 1. The first-order chi connectivity index (χ1) is 9.40. The fourth-order valence-corrected chi connectivity index (χ4v) is 2.67. The maximum atomic E-state index is 11.9. The smallest absolute Gasteiger partial charge is 0.247 e. The molecule has 112 valence electrons. The average molecular weight is 301 g/mol. The van der Waals surface area contributed by atoms with Crippen molar-refractivity contribution in [2.24, 2.45) is 0 Å². The largest absolute Gasteiger partial charge is 0.343 e. The van der Waals surface area contributed by atoms with E-state index in [4.69, 9.17) is 0 Å². The summed E-state index contributed by atoms with van der Waals surface area (Å²) in [5.74, 6) is -0.0980. The second-order valence-corrected chi connectivity index (χ2v) is 5.87. The zero-order valence-electron chi connectivity index (χ0n) is 11.5. The summed E-state index contributed by atoms with van der Waals surface area (Å²) in [6.07, 6.45) is 1.22. The topological polar surface area (TPSA) is 99.3 Å². The highest BCUT2D eigenvalue weighted by molar-refractivity contribution is 7.89. The highest BCUT2D eigenvalue weighted by Gasteiger charge is 2.15. The Balaban J connectivity index is 2.58. The predicted molar refractivity (Wildman–Crippen MR) is 74.8 cm³/mol. The van der Waals surface area contributed by atoms with Crippen LogP contribution in [0.2, 0.25) is 0 Å². The highest BCUT2D eigenvalue weighted by Crippen LogP contribution is 2.04. The van der Waals surface area contributed by atoms with Gasteiger partial charge in [0, 0.05) is 38.3 Å². The molecule has 2 N–H and O–H groups in total. The van der Waals surface area contributed by atoms with Crippen LogP contribution in [-0.4, -0.2) is 43.8 Å². The van der Waals surface area contributed by atoms with Gasteiger partial charge in [0.1, 0.15) is 0 Å². The van der Waals surface area contributed by atoms with E-state index >= 15 is 0 Å². The van der Waals surface area contributed by atoms with Crippen LogP contribution in [0.15, 0.2) is 28.0 Å². The molecule has 0 unspecified atom stereocenters. The molecule has 0 saturated carbocycles. The number of nitrogens with one attached hydrogen (secondary N) is 2. The molecule has 0 aliphatic carbocycles. The summed E-state index contributed by atoms with van der Waals surface area (Å²) in [7, 11) is -3.70. The molecule has 0 aliphatic rings. The Morgan fingerprint density at radius 3 is 2.45 bits per heavy atom. The molecule has 0 radical (unpaired) electrons. The number of carbonyl (C=O) groups excluding carboxylic acids is 1. The van der Waals surface area contributed by atoms with E-state index < -0.39 is 10.0 Å². The van der Waals surface area contributed by atoms with Gasteiger partial charge in [-0.1, -0.05) is 0 Å². The predicted octanol–water partition coefficient (Wildman–Crippen LogP) is -0.0883. The summed E-state index contributed by atoms with van der Waals surface area (Å²) in [4.78, 5) is 26.5. The number of carbonyl (C=O) groups is 1. The quantitative estimate of drug-likeness (QED) is 0.735. The third-order valence-electron chi connectivity index (χ3n) is 2.81. The Bertz CT molecular complexity index is 585. The van der Waals surface area contributed by atoms with E-state index in [-0.39, 0.29) is 29.3 Å². The zero-order valence-corrected chi connectivity index (χ0v) is 12.4. The molecule has 1 aromatic heterocycles. The molecule has 0 fully saturated rings. The van der Waals surface area contributed by atoms with Crippen molar-refractivity contribution in [1.29, 1.82) is 0 Å². The Morgan fingerprint density at radius 1 is 1.30 bits per heavy atom. The summed E-state index contributed by atoms with van der Waals surface area (Å²) in [6.45, 7) is 4.96. The molecule has 1 amide bonds. The number of rotatable bonds is 7. The van der Waals surface area contributed by atoms with Gasteiger partial charge in [-0.05, 0) is 19.9 Å². The molecule has 7 nitrogen and oxygen atoms in total. The van der Waals surface area contributed by atoms with Gasteiger partial charge in [0.2, 0.25) is 21.5 Å². The third kappa shape index (κ3) is 4.46. The summed E-state index contributed by atoms with van der Waals surface area (Å²) < 4.78 is 26.1. The minimum atomic E-state index is -3.70. The lowest BCUT2D eigenvalue weighted by Crippen LogP contribution is -2.34. The average Bonchev–Trinajstić information content (AvgIpc) is 2.40. The van der Waals surface area contributed by atoms with E-state index in [1.54, 1.807) is 4.90 Å². The number of sulfonamides is 1. The molecule has 0 aromatic carbocycles. The van der Waals surface area contributed by atoms with Crippen LogP contribution in [-0.2, 0) is 14.8 Å². The fourth-order valence-electron chi connectivity index (χ4n) is 1.67. The molecule has 0 saturated heterocycles. The summed E-state index contributed by atoms with van der Waals surface area (Å²) >= 11 is 0. The number of hydrogen-bond acceptors (Lipinski definition) is 4. The van der Waals surface area contributed by atoms with Crippen molar-refractivity contribution in [2.75, 3.05) is 19.6 Å². The van der Waals surface area contributed by atoms with E-state index in [2.05, 4.69) is 9.71 Å². The van der Waals surface area contributed by atoms with Gasteiger partial charge >= 0.3 is 0 Å². The molecule has 0 atom stereocenters. The van der Waals surface area contributed by atoms with Crippen molar-refractivity contribution in [3.05, 3.63) is 28.7 Å². The minimum absolute atomic E-state index is 0.0246. The number of aromatic amines is 1. The molecule has 1 heterocycles. The van der Waals surface area contributed by atoms with Crippen molar-refractivity contribution < 1.29 is 13.2 Å². The van der Waals surface area contributed by atoms with Gasteiger partial charge in [-0.25, -0.2) is 13.1 Å². The van der Waals surface area contributed by atoms with Crippen LogP contribution in [0.5, 0.6) is 0 Å². The Hall–Kier alpha value is -1.67. The monoisotopic (exact) mass is 301 g/mol. The van der Waals surface area contributed by atoms with E-state index in [0.717, 1.165) is 12.3 Å². The van der Waals surface area contributed by atoms with Gasteiger partial charge in [-0.3, -0.25) is 9.59 Å². The van der Waals surface area contributed by atoms with Gasteiger partial charge in [-0.15, -0.1) is 0 Å². The third-order valence-corrected chi connectivity index (χ3v) is 4.27. The summed E-state index contributed by atoms with van der Waals surface area (Å²) in [6, 6.07) is 2.35. The number of hydrogen-bond donors (Lipinski definition) is 2. The van der Waals surface area contributed by atoms with Crippen LogP contribution in [0.4, 0.5) is 0 Å². The van der Waals surface area contributed by atoms with Crippen LogP contribution in [0.3, 0.4) is 0 Å². The highest BCUT2D eigenvalue weighted by atomic mass is 32.2. The Kier molecular flexibility index (Phi) is 5.90. The molecular formula is C12H19N3O4S. The maximum Gasteiger partial charge on any atom is 0.247 e. The molecule has 0 aliphatic heterocycles. The van der Waals surface area contributed by atoms with Crippen LogP contribution in [0.1, 0.15) is 20.3 Å². The van der Waals surface area contributed by atoms with Crippen molar-refractivity contribution in [1.82, 2.24) is 14.6 Å². The van der Waals surface area contributed by atoms with Crippen molar-refractivity contribution >= 4 is 15.9 Å². The molecule has 8 heteroatoms. The van der Waals surface area contributed by atoms with E-state index in [1.807, 2.05) is 13.8 Å². The van der Waals surface area contributed by atoms with Crippen LogP contribution < -0.4 is 10.3 Å². The zero-order chi connectivity index (χ0) is 15.2. The Morgan fingerprint density at radius 2 is 1.95 bits per heavy atom. The molecule has 20 heavy (non-hydrogen) atoms. The maximum absolute atomic E-state index is 11.9. The standard InChI is InChI=1S/C12H19N3O4S/c1-3-15(4-2)12(17)7-8-14-20(18,19)10-5-6-11(16)13-9-10/h5-6,9,14H,3-4,7-8H2,1-2H3,(H,13,16). The van der Waals surface area contributed by atoms with Crippen molar-refractivity contribution in [2.45, 2.75) is 25.2 Å². The SMILES string of the molecule is CCN(CC)C(=O)CCNS(=O)(=O)c1ccc(=O)[nH]c1. The Labute approximate surface area is 118 Å². The lowest BCUT2D eigenvalue weighted by Gasteiger charge is -2.18. The summed E-state index contributed by atoms with van der Waals surface area (Å²) in [5.41, 5.74) is -0.374. The van der Waals surface area contributed by atoms with Crippen LogP contribution in [0.25, 0.3) is 0 Å². The summed E-state index contributed by atoms with van der Waals surface area (Å²) in [5, 5.41) is 0. The van der Waals surface area contributed by atoms with Gasteiger partial charge in [-0.2, -0.15) is 0 Å². The normalized spacial score (nSPS) is 11.3. The van der Waals surface area contributed by atoms with E-state index in [9.17, 15) is 18.0 Å². The van der Waals surface area contributed by atoms with Gasteiger partial charge in [0.15, 0.2) is 0 Å². The molecule has 1 aromatic rings. The number of H-pyrrole nitrogens is 1. The number of nitrogens with zero attached hydrogens (tertiary/aromatic N) is 1. The number of aromatic nitrogens is 1. The first-order valence-corrected chi connectivity index (χ1v) is 7.85. The van der Waals surface area contributed by atoms with Gasteiger partial charge in [0.05, 0.1) is 4.90 Å². The molecule has 1 rings (SSSR count). The first-order valence-electron chi connectivity index (χ1n) is 6.37. The fraction of sp³-hybridized carbons (Fsp3) is 0.500. The lowest BCUT2D eigenvalue weighted by molar-refractivity contribution is -0.130. The molecule has 0 bridgehead atoms. The van der Waals surface area contributed by atoms with E-state index in [1.165, 1.54) is 6.07 Å². The second-order valence-electron chi connectivity index (χ2n) is 4.10. The lowest BCUT2D eigenvalue weighted by atomic mass is 10.3. The van der Waals surface area contributed by atoms with Crippen LogP contribution >= 0.6 is 0 Å². The molecular weight excluding hydrogens is 282 g/mol. The second kappa shape index (κ2) is 7.20. The van der Waals surface area contributed by atoms with Crippen molar-refractivity contribution in [3.8, 4) is 0 Å². The minimum Gasteiger partial charge on any atom is -0.343 e. The number of pyridine rings is 1. The van der Waals surface area contributed by atoms with Gasteiger partial charge < -0.3 is 9.88 Å².